The van der Waals surface area contributed by atoms with E-state index in [1.165, 1.54) is 0 Å². The van der Waals surface area contributed by atoms with Crippen molar-refractivity contribution in [2.24, 2.45) is 0 Å². The van der Waals surface area contributed by atoms with Crippen LogP contribution in [-0.4, -0.2) is 28.7 Å². The van der Waals surface area contributed by atoms with Crippen LogP contribution in [0.5, 0.6) is 0 Å². The number of esters is 1. The monoisotopic (exact) mass is 478 g/mol. The Kier molecular flexibility index (Phi) is 6.79. The number of nitrogens with zero attached hydrogens (tertiary/aromatic N) is 2. The van der Waals surface area contributed by atoms with Crippen molar-refractivity contribution >= 4 is 32.9 Å². The Balaban J connectivity index is 1.67. The van der Waals surface area contributed by atoms with Crippen LogP contribution in [0, 0.1) is 0 Å². The highest BCUT2D eigenvalue weighted by atomic mass is 79.9. The lowest BCUT2D eigenvalue weighted by Crippen LogP contribution is -2.10. The SMILES string of the molecule is CCOC(=O)c1ccc2c(-c3ccccc3)c(Br)n(CCOCc3ccccc3)c2n1. The van der Waals surface area contributed by atoms with E-state index < -0.39 is 5.97 Å². The smallest absolute Gasteiger partial charge is 0.356 e. The summed E-state index contributed by atoms with van der Waals surface area (Å²) in [4.78, 5) is 16.9. The zero-order valence-electron chi connectivity index (χ0n) is 17.3. The number of ether oxygens (including phenoxy) is 2. The number of carbonyl (C=O) groups is 1. The number of hydrogen-bond donors (Lipinski definition) is 0. The summed E-state index contributed by atoms with van der Waals surface area (Å²) in [6.07, 6.45) is 0. The topological polar surface area (TPSA) is 53.4 Å². The van der Waals surface area contributed by atoms with Crippen LogP contribution in [0.25, 0.3) is 22.2 Å². The van der Waals surface area contributed by atoms with E-state index in [-0.39, 0.29) is 0 Å². The van der Waals surface area contributed by atoms with E-state index in [9.17, 15) is 4.79 Å². The van der Waals surface area contributed by atoms with Crippen LogP contribution >= 0.6 is 15.9 Å². The van der Waals surface area contributed by atoms with Crippen molar-refractivity contribution in [3.05, 3.63) is 88.7 Å². The van der Waals surface area contributed by atoms with E-state index in [0.717, 1.165) is 32.3 Å². The number of pyridine rings is 1. The second kappa shape index (κ2) is 9.90. The van der Waals surface area contributed by atoms with Gasteiger partial charge in [-0.05, 0) is 46.1 Å². The van der Waals surface area contributed by atoms with Gasteiger partial charge in [0.05, 0.1) is 24.4 Å². The maximum atomic E-state index is 12.2. The van der Waals surface area contributed by atoms with Crippen molar-refractivity contribution in [2.45, 2.75) is 20.1 Å². The summed E-state index contributed by atoms with van der Waals surface area (Å²) in [6.45, 7) is 3.75. The van der Waals surface area contributed by atoms with E-state index in [1.807, 2.05) is 59.2 Å². The van der Waals surface area contributed by atoms with Gasteiger partial charge in [-0.25, -0.2) is 9.78 Å². The molecule has 4 aromatic rings. The van der Waals surface area contributed by atoms with Crippen molar-refractivity contribution in [3.63, 3.8) is 0 Å². The normalized spacial score (nSPS) is 11.0. The zero-order valence-corrected chi connectivity index (χ0v) is 18.8. The Morgan fingerprint density at radius 3 is 2.42 bits per heavy atom. The molecular weight excluding hydrogens is 456 g/mol. The van der Waals surface area contributed by atoms with Crippen molar-refractivity contribution in [1.82, 2.24) is 9.55 Å². The van der Waals surface area contributed by atoms with Gasteiger partial charge in [-0.3, -0.25) is 0 Å². The van der Waals surface area contributed by atoms with Crippen LogP contribution in [-0.2, 0) is 22.6 Å². The number of fused-ring (bicyclic) bond motifs is 1. The molecule has 0 saturated carbocycles. The molecule has 0 fully saturated rings. The highest BCUT2D eigenvalue weighted by Crippen LogP contribution is 2.37. The van der Waals surface area contributed by atoms with E-state index in [2.05, 4.69) is 33.0 Å². The van der Waals surface area contributed by atoms with Gasteiger partial charge in [0.1, 0.15) is 5.65 Å². The molecule has 0 atom stereocenters. The lowest BCUT2D eigenvalue weighted by atomic mass is 10.1. The fraction of sp³-hybridized carbons (Fsp3) is 0.200. The molecule has 0 aliphatic heterocycles. The Morgan fingerprint density at radius 2 is 1.71 bits per heavy atom. The molecule has 158 valence electrons. The minimum atomic E-state index is -0.421. The lowest BCUT2D eigenvalue weighted by Gasteiger charge is -2.09. The third-order valence-corrected chi connectivity index (χ3v) is 5.79. The molecular formula is C25H23BrN2O3. The van der Waals surface area contributed by atoms with Gasteiger partial charge in [0.25, 0.3) is 0 Å². The average Bonchev–Trinajstić information content (AvgIpc) is 3.08. The third-order valence-electron chi connectivity index (χ3n) is 4.96. The largest absolute Gasteiger partial charge is 0.461 e. The Bertz CT molecular complexity index is 1170. The van der Waals surface area contributed by atoms with E-state index in [4.69, 9.17) is 9.47 Å². The molecule has 0 N–H and O–H groups in total. The lowest BCUT2D eigenvalue weighted by molar-refractivity contribution is 0.0520. The van der Waals surface area contributed by atoms with Gasteiger partial charge in [0.2, 0.25) is 0 Å². The second-order valence-corrected chi connectivity index (χ2v) is 7.76. The highest BCUT2D eigenvalue weighted by molar-refractivity contribution is 9.10. The van der Waals surface area contributed by atoms with Crippen LogP contribution in [0.15, 0.2) is 77.4 Å². The molecule has 0 unspecified atom stereocenters. The molecule has 6 heteroatoms. The molecule has 4 rings (SSSR count). The van der Waals surface area contributed by atoms with E-state index in [1.54, 1.807) is 13.0 Å². The van der Waals surface area contributed by atoms with E-state index >= 15 is 0 Å². The van der Waals surface area contributed by atoms with Crippen molar-refractivity contribution in [2.75, 3.05) is 13.2 Å². The van der Waals surface area contributed by atoms with Crippen LogP contribution in [0.2, 0.25) is 0 Å². The van der Waals surface area contributed by atoms with Crippen LogP contribution in [0.1, 0.15) is 23.0 Å². The number of halogens is 1. The Labute approximate surface area is 189 Å². The minimum Gasteiger partial charge on any atom is -0.461 e. The summed E-state index contributed by atoms with van der Waals surface area (Å²) >= 11 is 3.77. The molecule has 0 aliphatic carbocycles. The predicted octanol–water partition coefficient (Wildman–Crippen LogP) is 5.86. The summed E-state index contributed by atoms with van der Waals surface area (Å²) < 4.78 is 14.0. The number of benzene rings is 2. The Hall–Kier alpha value is -2.96. The molecule has 5 nitrogen and oxygen atoms in total. The molecule has 0 amide bonds. The van der Waals surface area contributed by atoms with Crippen LogP contribution in [0.3, 0.4) is 0 Å². The molecule has 0 saturated heterocycles. The molecule has 0 bridgehead atoms. The molecule has 0 spiro atoms. The molecule has 31 heavy (non-hydrogen) atoms. The fourth-order valence-corrected chi connectivity index (χ4v) is 4.30. The summed E-state index contributed by atoms with van der Waals surface area (Å²) in [5.41, 5.74) is 4.27. The molecule has 2 aromatic heterocycles. The molecule has 2 heterocycles. The quantitative estimate of drug-likeness (QED) is 0.235. The number of carbonyl (C=O) groups excluding carboxylic acids is 1. The first-order valence-corrected chi connectivity index (χ1v) is 11.0. The van der Waals surface area contributed by atoms with Crippen LogP contribution < -0.4 is 0 Å². The predicted molar refractivity (Wildman–Crippen MR) is 125 cm³/mol. The van der Waals surface area contributed by atoms with Gasteiger partial charge in [0, 0.05) is 17.5 Å². The number of rotatable bonds is 8. The number of hydrogen-bond acceptors (Lipinski definition) is 4. The first-order chi connectivity index (χ1) is 15.2. The summed E-state index contributed by atoms with van der Waals surface area (Å²) in [5, 5.41) is 0.967. The van der Waals surface area contributed by atoms with E-state index in [0.29, 0.717) is 32.1 Å². The highest BCUT2D eigenvalue weighted by Gasteiger charge is 2.20. The van der Waals surface area contributed by atoms with Gasteiger partial charge in [-0.2, -0.15) is 0 Å². The number of aromatic nitrogens is 2. The summed E-state index contributed by atoms with van der Waals surface area (Å²) in [5.74, 6) is -0.421. The first kappa shape index (κ1) is 21.3. The third kappa shape index (κ3) is 4.70. The van der Waals surface area contributed by atoms with Crippen molar-refractivity contribution in [1.29, 1.82) is 0 Å². The van der Waals surface area contributed by atoms with Gasteiger partial charge < -0.3 is 14.0 Å². The molecule has 2 aromatic carbocycles. The first-order valence-electron chi connectivity index (χ1n) is 10.2. The standard InChI is InChI=1S/C25H23BrN2O3/c1-2-31-25(29)21-14-13-20-22(19-11-7-4-8-12-19)23(26)28(24(20)27-21)15-16-30-17-18-9-5-3-6-10-18/h3-14H,2,15-17H2,1H3. The maximum absolute atomic E-state index is 12.2. The van der Waals surface area contributed by atoms with Gasteiger partial charge in [0.15, 0.2) is 5.69 Å². The fourth-order valence-electron chi connectivity index (χ4n) is 3.51. The van der Waals surface area contributed by atoms with Crippen LogP contribution in [0.4, 0.5) is 0 Å². The second-order valence-electron chi connectivity index (χ2n) is 7.01. The summed E-state index contributed by atoms with van der Waals surface area (Å²) in [7, 11) is 0. The zero-order chi connectivity index (χ0) is 21.6. The molecule has 0 radical (unpaired) electrons. The van der Waals surface area contributed by atoms with Crippen molar-refractivity contribution in [3.8, 4) is 11.1 Å². The maximum Gasteiger partial charge on any atom is 0.356 e. The van der Waals surface area contributed by atoms with Gasteiger partial charge >= 0.3 is 5.97 Å². The van der Waals surface area contributed by atoms with Crippen molar-refractivity contribution < 1.29 is 14.3 Å². The van der Waals surface area contributed by atoms with Gasteiger partial charge in [-0.15, -0.1) is 0 Å². The average molecular weight is 479 g/mol. The Morgan fingerprint density at radius 1 is 1.00 bits per heavy atom. The molecule has 0 aliphatic rings. The minimum absolute atomic E-state index is 0.297. The van der Waals surface area contributed by atoms with Gasteiger partial charge in [-0.1, -0.05) is 60.7 Å². The summed E-state index contributed by atoms with van der Waals surface area (Å²) in [6, 6.07) is 23.9.